The summed E-state index contributed by atoms with van der Waals surface area (Å²) >= 11 is 0. The van der Waals surface area contributed by atoms with Gasteiger partial charge in [0.15, 0.2) is 11.5 Å². The summed E-state index contributed by atoms with van der Waals surface area (Å²) in [6, 6.07) is 11.4. The third-order valence-electron chi connectivity index (χ3n) is 3.18. The molecule has 1 heterocycles. The molecule has 1 amide bonds. The molecule has 1 aliphatic rings. The third kappa shape index (κ3) is 2.80. The molecule has 22 heavy (non-hydrogen) atoms. The molecule has 0 bridgehead atoms. The van der Waals surface area contributed by atoms with Crippen LogP contribution >= 0.6 is 0 Å². The molecule has 2 aromatic rings. The first-order chi connectivity index (χ1) is 10.6. The number of aromatic hydroxyl groups is 1. The van der Waals surface area contributed by atoms with E-state index >= 15 is 0 Å². The highest BCUT2D eigenvalue weighted by molar-refractivity contribution is 5.95. The van der Waals surface area contributed by atoms with Crippen LogP contribution in [0, 0.1) is 0 Å². The molecular formula is C16H14N2O4. The van der Waals surface area contributed by atoms with Crippen molar-refractivity contribution in [1.29, 1.82) is 0 Å². The van der Waals surface area contributed by atoms with Gasteiger partial charge >= 0.3 is 0 Å². The van der Waals surface area contributed by atoms with Crippen molar-refractivity contribution in [3.05, 3.63) is 60.2 Å². The summed E-state index contributed by atoms with van der Waals surface area (Å²) in [6.45, 7) is 3.99. The number of fused-ring (bicyclic) bond motifs is 1. The van der Waals surface area contributed by atoms with Crippen LogP contribution in [-0.2, 0) is 0 Å². The Hall–Kier alpha value is -3.15. The van der Waals surface area contributed by atoms with Crippen LogP contribution in [0.15, 0.2) is 49.0 Å². The highest BCUT2D eigenvalue weighted by Gasteiger charge is 2.16. The van der Waals surface area contributed by atoms with E-state index in [1.54, 1.807) is 42.5 Å². The Morgan fingerprint density at radius 1 is 1.00 bits per heavy atom. The molecule has 0 saturated heterocycles. The lowest BCUT2D eigenvalue weighted by Gasteiger charge is -2.11. The molecule has 112 valence electrons. The van der Waals surface area contributed by atoms with Gasteiger partial charge in [-0.2, -0.15) is 0 Å². The Bertz CT molecular complexity index is 725. The first kappa shape index (κ1) is 13.8. The minimum atomic E-state index is -0.321. The van der Waals surface area contributed by atoms with Gasteiger partial charge in [0.1, 0.15) is 5.75 Å². The summed E-state index contributed by atoms with van der Waals surface area (Å²) < 4.78 is 10.4. The van der Waals surface area contributed by atoms with Crippen LogP contribution in [0.1, 0.15) is 15.9 Å². The van der Waals surface area contributed by atoms with Gasteiger partial charge in [-0.15, -0.1) is 0 Å². The summed E-state index contributed by atoms with van der Waals surface area (Å²) in [7, 11) is 0. The summed E-state index contributed by atoms with van der Waals surface area (Å²) in [5.74, 6) is 1.02. The number of carbonyl (C=O) groups is 1. The number of amides is 1. The summed E-state index contributed by atoms with van der Waals surface area (Å²) in [5, 5.41) is 9.24. The molecule has 2 aromatic carbocycles. The van der Waals surface area contributed by atoms with Crippen molar-refractivity contribution in [2.75, 3.05) is 6.79 Å². The largest absolute Gasteiger partial charge is 0.508 e. The molecule has 0 fully saturated rings. The fraction of sp³-hybridized carbons (Fsp3) is 0.0625. The zero-order valence-electron chi connectivity index (χ0n) is 11.6. The summed E-state index contributed by atoms with van der Waals surface area (Å²) in [6.07, 6.45) is 0. The Kier molecular flexibility index (Phi) is 3.57. The maximum atomic E-state index is 12.1. The Balaban J connectivity index is 1.62. The number of phenolic OH excluding ortho intramolecular Hbond substituents is 1. The molecule has 0 radical (unpaired) electrons. The van der Waals surface area contributed by atoms with Crippen LogP contribution in [-0.4, -0.2) is 17.8 Å². The highest BCUT2D eigenvalue weighted by Crippen LogP contribution is 2.32. The van der Waals surface area contributed by atoms with Crippen molar-refractivity contribution in [2.45, 2.75) is 0 Å². The average Bonchev–Trinajstić information content (AvgIpc) is 3.00. The minimum absolute atomic E-state index is 0.163. The zero-order valence-corrected chi connectivity index (χ0v) is 11.6. The number of nitrogens with one attached hydrogen (secondary N) is 2. The van der Waals surface area contributed by atoms with Crippen LogP contribution in [0.25, 0.3) is 5.70 Å². The molecule has 3 N–H and O–H groups in total. The number of carbonyl (C=O) groups excluding carboxylic acids is 1. The number of hydrazine groups is 1. The van der Waals surface area contributed by atoms with Crippen molar-refractivity contribution < 1.29 is 19.4 Å². The number of ether oxygens (including phenoxy) is 2. The van der Waals surface area contributed by atoms with Crippen LogP contribution in [0.2, 0.25) is 0 Å². The van der Waals surface area contributed by atoms with Crippen LogP contribution in [0.5, 0.6) is 17.2 Å². The second-order valence-corrected chi connectivity index (χ2v) is 4.67. The molecule has 0 aliphatic carbocycles. The van der Waals surface area contributed by atoms with Crippen molar-refractivity contribution in [3.63, 3.8) is 0 Å². The topological polar surface area (TPSA) is 79.8 Å². The smallest absolute Gasteiger partial charge is 0.269 e. The van der Waals surface area contributed by atoms with Gasteiger partial charge in [0.2, 0.25) is 6.79 Å². The van der Waals surface area contributed by atoms with E-state index in [2.05, 4.69) is 17.4 Å². The van der Waals surface area contributed by atoms with Crippen molar-refractivity contribution >= 4 is 11.6 Å². The highest BCUT2D eigenvalue weighted by atomic mass is 16.7. The van der Waals surface area contributed by atoms with Gasteiger partial charge in [-0.25, -0.2) is 0 Å². The number of phenols is 1. The lowest BCUT2D eigenvalue weighted by atomic mass is 10.2. The summed E-state index contributed by atoms with van der Waals surface area (Å²) in [5.41, 5.74) is 6.99. The maximum absolute atomic E-state index is 12.1. The van der Waals surface area contributed by atoms with Gasteiger partial charge in [0.25, 0.3) is 5.91 Å². The third-order valence-corrected chi connectivity index (χ3v) is 3.18. The van der Waals surface area contributed by atoms with E-state index in [9.17, 15) is 9.90 Å². The SMILES string of the molecule is C=C(NNC(=O)c1ccc2c(c1)OCO2)c1ccc(O)cc1. The van der Waals surface area contributed by atoms with Gasteiger partial charge < -0.3 is 14.6 Å². The molecule has 3 rings (SSSR count). The fourth-order valence-electron chi connectivity index (χ4n) is 1.98. The quantitative estimate of drug-likeness (QED) is 0.753. The Morgan fingerprint density at radius 2 is 1.68 bits per heavy atom. The van der Waals surface area contributed by atoms with Gasteiger partial charge in [-0.05, 0) is 48.0 Å². The van der Waals surface area contributed by atoms with Crippen molar-refractivity contribution in [3.8, 4) is 17.2 Å². The molecule has 6 nitrogen and oxygen atoms in total. The average molecular weight is 298 g/mol. The summed E-state index contributed by atoms with van der Waals surface area (Å²) in [4.78, 5) is 12.1. The first-order valence-corrected chi connectivity index (χ1v) is 6.58. The van der Waals surface area contributed by atoms with E-state index in [1.807, 2.05) is 0 Å². The number of rotatable bonds is 4. The zero-order chi connectivity index (χ0) is 15.5. The van der Waals surface area contributed by atoms with Gasteiger partial charge in [0, 0.05) is 5.56 Å². The molecule has 0 saturated carbocycles. The van der Waals surface area contributed by atoms with Crippen LogP contribution in [0.4, 0.5) is 0 Å². The van der Waals surface area contributed by atoms with Gasteiger partial charge in [-0.3, -0.25) is 15.6 Å². The van der Waals surface area contributed by atoms with E-state index in [4.69, 9.17) is 9.47 Å². The molecule has 0 spiro atoms. The van der Waals surface area contributed by atoms with Crippen LogP contribution in [0.3, 0.4) is 0 Å². The van der Waals surface area contributed by atoms with E-state index < -0.39 is 0 Å². The van der Waals surface area contributed by atoms with E-state index in [-0.39, 0.29) is 18.4 Å². The van der Waals surface area contributed by atoms with E-state index in [0.717, 1.165) is 5.56 Å². The standard InChI is InChI=1S/C16H14N2O4/c1-10(11-2-5-13(19)6-3-11)17-18-16(20)12-4-7-14-15(8-12)22-9-21-14/h2-8,17,19H,1,9H2,(H,18,20). The Morgan fingerprint density at radius 3 is 2.45 bits per heavy atom. The second-order valence-electron chi connectivity index (χ2n) is 4.67. The predicted molar refractivity (Wildman–Crippen MR) is 80.3 cm³/mol. The first-order valence-electron chi connectivity index (χ1n) is 6.58. The minimum Gasteiger partial charge on any atom is -0.508 e. The van der Waals surface area contributed by atoms with E-state index in [1.165, 1.54) is 0 Å². The van der Waals surface area contributed by atoms with Crippen LogP contribution < -0.4 is 20.3 Å². The van der Waals surface area contributed by atoms with Crippen molar-refractivity contribution in [2.24, 2.45) is 0 Å². The van der Waals surface area contributed by atoms with Gasteiger partial charge in [-0.1, -0.05) is 6.58 Å². The fourth-order valence-corrected chi connectivity index (χ4v) is 1.98. The normalized spacial score (nSPS) is 11.8. The number of hydrogen-bond acceptors (Lipinski definition) is 5. The monoisotopic (exact) mass is 298 g/mol. The van der Waals surface area contributed by atoms with Gasteiger partial charge in [0.05, 0.1) is 5.70 Å². The molecule has 1 aliphatic heterocycles. The maximum Gasteiger partial charge on any atom is 0.269 e. The predicted octanol–water partition coefficient (Wildman–Crippen LogP) is 2.03. The molecule has 6 heteroatoms. The lowest BCUT2D eigenvalue weighted by molar-refractivity contribution is 0.0942. The van der Waals surface area contributed by atoms with Crippen molar-refractivity contribution in [1.82, 2.24) is 10.9 Å². The molecule has 0 aromatic heterocycles. The number of hydrogen-bond donors (Lipinski definition) is 3. The molecule has 0 unspecified atom stereocenters. The van der Waals surface area contributed by atoms with E-state index in [0.29, 0.717) is 22.8 Å². The molecular weight excluding hydrogens is 284 g/mol. The Labute approximate surface area is 127 Å². The number of benzene rings is 2. The second kappa shape index (κ2) is 5.69. The lowest BCUT2D eigenvalue weighted by Crippen LogP contribution is -2.35. The molecule has 0 atom stereocenters.